The summed E-state index contributed by atoms with van der Waals surface area (Å²) in [5.74, 6) is 0. The Morgan fingerprint density at radius 1 is 0.261 bits per heavy atom. The molecule has 0 spiro atoms. The van der Waals surface area contributed by atoms with E-state index in [1.54, 1.807) is 0 Å². The smallest absolute Gasteiger partial charge is 0.0972 e. The molecule has 46 heavy (non-hydrogen) atoms. The van der Waals surface area contributed by atoms with Crippen molar-refractivity contribution in [1.82, 2.24) is 20.2 Å². The minimum atomic E-state index is 0.819. The molecule has 0 aliphatic carbocycles. The Hall–Kier alpha value is -6.26. The van der Waals surface area contributed by atoms with Crippen LogP contribution in [0.5, 0.6) is 0 Å². The minimum Gasteiger partial charge on any atom is -0.245 e. The molecule has 0 atom stereocenters. The summed E-state index contributed by atoms with van der Waals surface area (Å²) in [6, 6.07) is 54.8. The predicted octanol–water partition coefficient (Wildman–Crippen LogP) is 10.5. The van der Waals surface area contributed by atoms with Crippen LogP contribution in [0, 0.1) is 0 Å². The van der Waals surface area contributed by atoms with Crippen molar-refractivity contribution in [3.8, 4) is 45.0 Å². The van der Waals surface area contributed by atoms with Crippen LogP contribution in [0.4, 0.5) is 0 Å². The van der Waals surface area contributed by atoms with Crippen molar-refractivity contribution < 1.29 is 0 Å². The maximum Gasteiger partial charge on any atom is 0.0972 e. The summed E-state index contributed by atoms with van der Waals surface area (Å²) in [6.07, 6.45) is 0. The van der Waals surface area contributed by atoms with Gasteiger partial charge in [-0.15, -0.1) is 10.2 Å². The Morgan fingerprint density at radius 2 is 0.652 bits per heavy atom. The Morgan fingerprint density at radius 3 is 1.17 bits per heavy atom. The lowest BCUT2D eigenvalue weighted by molar-refractivity contribution is 1.04. The highest BCUT2D eigenvalue weighted by molar-refractivity contribution is 6.04. The van der Waals surface area contributed by atoms with Gasteiger partial charge in [-0.1, -0.05) is 115 Å². The summed E-state index contributed by atoms with van der Waals surface area (Å²) in [6.45, 7) is 0. The lowest BCUT2D eigenvalue weighted by atomic mass is 10.0. The van der Waals surface area contributed by atoms with Gasteiger partial charge in [0.2, 0.25) is 0 Å². The van der Waals surface area contributed by atoms with E-state index in [2.05, 4.69) is 156 Å². The molecular weight excluding hydrogens is 560 g/mol. The molecule has 0 saturated heterocycles. The van der Waals surface area contributed by atoms with Crippen molar-refractivity contribution >= 4 is 43.4 Å². The maximum atomic E-state index is 5.17. The zero-order valence-corrected chi connectivity index (χ0v) is 24.8. The molecule has 3 heterocycles. The molecule has 0 amide bonds. The van der Waals surface area contributed by atoms with E-state index in [-0.39, 0.29) is 0 Å². The zero-order chi connectivity index (χ0) is 30.5. The third-order valence-corrected chi connectivity index (χ3v) is 8.73. The molecule has 0 fully saturated rings. The molecule has 0 aliphatic rings. The van der Waals surface area contributed by atoms with Crippen LogP contribution in [0.15, 0.2) is 158 Å². The van der Waals surface area contributed by atoms with Gasteiger partial charge in [0.05, 0.1) is 33.8 Å². The molecule has 214 valence electrons. The summed E-state index contributed by atoms with van der Waals surface area (Å²) in [5, 5.41) is 16.1. The van der Waals surface area contributed by atoms with Gasteiger partial charge in [-0.3, -0.25) is 0 Å². The van der Waals surface area contributed by atoms with E-state index in [4.69, 9.17) is 9.97 Å². The van der Waals surface area contributed by atoms with E-state index in [9.17, 15) is 0 Å². The van der Waals surface area contributed by atoms with Gasteiger partial charge >= 0.3 is 0 Å². The summed E-state index contributed by atoms with van der Waals surface area (Å²) in [4.78, 5) is 10.3. The number of pyridine rings is 2. The first-order chi connectivity index (χ1) is 22.7. The average Bonchev–Trinajstić information content (AvgIpc) is 3.14. The summed E-state index contributed by atoms with van der Waals surface area (Å²) >= 11 is 0. The summed E-state index contributed by atoms with van der Waals surface area (Å²) in [7, 11) is 0. The third kappa shape index (κ3) is 4.64. The van der Waals surface area contributed by atoms with Gasteiger partial charge in [0.25, 0.3) is 0 Å². The number of hydrogen-bond acceptors (Lipinski definition) is 4. The number of hydrogen-bond donors (Lipinski definition) is 0. The number of rotatable bonds is 4. The topological polar surface area (TPSA) is 51.6 Å². The largest absolute Gasteiger partial charge is 0.245 e. The van der Waals surface area contributed by atoms with Crippen LogP contribution in [0.1, 0.15) is 0 Å². The van der Waals surface area contributed by atoms with E-state index in [1.807, 2.05) is 12.1 Å². The average molecular weight is 587 g/mol. The van der Waals surface area contributed by atoms with Gasteiger partial charge in [-0.2, -0.15) is 0 Å². The van der Waals surface area contributed by atoms with Gasteiger partial charge in [0.1, 0.15) is 0 Å². The van der Waals surface area contributed by atoms with E-state index in [1.165, 1.54) is 21.5 Å². The van der Waals surface area contributed by atoms with Crippen LogP contribution >= 0.6 is 0 Å². The first-order valence-electron chi connectivity index (χ1n) is 15.4. The van der Waals surface area contributed by atoms with Crippen molar-refractivity contribution in [2.45, 2.75) is 0 Å². The molecular formula is C42H26N4. The molecule has 3 aromatic heterocycles. The highest BCUT2D eigenvalue weighted by Crippen LogP contribution is 2.31. The van der Waals surface area contributed by atoms with Gasteiger partial charge in [0.15, 0.2) is 0 Å². The molecule has 0 bridgehead atoms. The van der Waals surface area contributed by atoms with Crippen LogP contribution in [-0.4, -0.2) is 20.2 Å². The Balaban J connectivity index is 1.07. The predicted molar refractivity (Wildman–Crippen MR) is 189 cm³/mol. The first-order valence-corrected chi connectivity index (χ1v) is 15.4. The van der Waals surface area contributed by atoms with Gasteiger partial charge in [-0.25, -0.2) is 9.97 Å². The van der Waals surface area contributed by atoms with E-state index in [0.29, 0.717) is 0 Å². The van der Waals surface area contributed by atoms with Gasteiger partial charge < -0.3 is 0 Å². The van der Waals surface area contributed by atoms with Crippen molar-refractivity contribution in [2.75, 3.05) is 0 Å². The van der Waals surface area contributed by atoms with Crippen LogP contribution < -0.4 is 0 Å². The molecule has 0 aliphatic heterocycles. The van der Waals surface area contributed by atoms with Crippen molar-refractivity contribution in [3.63, 3.8) is 0 Å². The molecule has 0 N–H and O–H groups in total. The minimum absolute atomic E-state index is 0.819. The molecule has 6 aromatic carbocycles. The van der Waals surface area contributed by atoms with Crippen molar-refractivity contribution in [2.24, 2.45) is 0 Å². The third-order valence-electron chi connectivity index (χ3n) is 8.73. The fourth-order valence-corrected chi connectivity index (χ4v) is 6.26. The molecule has 4 heteroatoms. The number of aromatic nitrogens is 4. The van der Waals surface area contributed by atoms with E-state index in [0.717, 1.165) is 66.8 Å². The Bertz CT molecular complexity index is 2590. The quantitative estimate of drug-likeness (QED) is 0.193. The Labute approximate surface area is 265 Å². The van der Waals surface area contributed by atoms with Crippen LogP contribution in [0.3, 0.4) is 0 Å². The molecule has 4 nitrogen and oxygen atoms in total. The van der Waals surface area contributed by atoms with Crippen LogP contribution in [0.2, 0.25) is 0 Å². The second-order valence-corrected chi connectivity index (χ2v) is 11.6. The van der Waals surface area contributed by atoms with Crippen molar-refractivity contribution in [1.29, 1.82) is 0 Å². The fourth-order valence-electron chi connectivity index (χ4n) is 6.26. The second-order valence-electron chi connectivity index (χ2n) is 11.6. The van der Waals surface area contributed by atoms with E-state index >= 15 is 0 Å². The standard InChI is InChI=1S/C42H26N4/c1-3-8-31-24-35(16-12-27(31)6-1)38-21-19-30-15-14-29-18-20-37(43-41(29)42(30)44-38)33-10-5-11-34(26-33)39-22-23-40(46-45-39)36-17-13-28-7-2-4-9-32(28)25-36/h1-26H. The highest BCUT2D eigenvalue weighted by atomic mass is 15.1. The van der Waals surface area contributed by atoms with Crippen LogP contribution in [-0.2, 0) is 0 Å². The maximum absolute atomic E-state index is 5.17. The Kier molecular flexibility index (Phi) is 6.10. The molecule has 0 radical (unpaired) electrons. The summed E-state index contributed by atoms with van der Waals surface area (Å²) in [5.41, 5.74) is 9.44. The lowest BCUT2D eigenvalue weighted by Gasteiger charge is -2.10. The van der Waals surface area contributed by atoms with E-state index < -0.39 is 0 Å². The molecule has 9 rings (SSSR count). The highest BCUT2D eigenvalue weighted by Gasteiger charge is 2.11. The van der Waals surface area contributed by atoms with Crippen molar-refractivity contribution in [3.05, 3.63) is 158 Å². The monoisotopic (exact) mass is 586 g/mol. The number of fused-ring (bicyclic) bond motifs is 5. The number of benzene rings is 6. The summed E-state index contributed by atoms with van der Waals surface area (Å²) < 4.78 is 0. The molecule has 9 aromatic rings. The number of nitrogens with zero attached hydrogens (tertiary/aromatic N) is 4. The van der Waals surface area contributed by atoms with Gasteiger partial charge in [0, 0.05) is 33.0 Å². The fraction of sp³-hybridized carbons (Fsp3) is 0. The second kappa shape index (κ2) is 10.7. The van der Waals surface area contributed by atoms with Gasteiger partial charge in [-0.05, 0) is 64.0 Å². The molecule has 0 unspecified atom stereocenters. The first kappa shape index (κ1) is 26.2. The van der Waals surface area contributed by atoms with Crippen LogP contribution in [0.25, 0.3) is 88.4 Å². The normalized spacial score (nSPS) is 11.5. The lowest BCUT2D eigenvalue weighted by Crippen LogP contribution is -1.93. The SMILES string of the molecule is c1cc(-c2ccc(-c3ccc4ccccc4c3)nn2)cc(-c2ccc3ccc4ccc(-c5ccc6ccccc6c5)nc4c3n2)c1. The molecule has 0 saturated carbocycles. The zero-order valence-electron chi connectivity index (χ0n) is 24.8.